The number of methoxy groups -OCH3 is 2. The van der Waals surface area contributed by atoms with Gasteiger partial charge in [-0.15, -0.1) is 0 Å². The number of aromatic nitrogens is 8. The number of carbonyl (C=O) groups excluding carboxylic acids is 2. The summed E-state index contributed by atoms with van der Waals surface area (Å²) in [6.07, 6.45) is 1.18. The molecule has 3 fully saturated rings. The number of aliphatic imine (C=N–C) groups is 1. The van der Waals surface area contributed by atoms with Gasteiger partial charge in [-0.2, -0.15) is 4.98 Å². The molecule has 0 spiro atoms. The van der Waals surface area contributed by atoms with Gasteiger partial charge in [-0.1, -0.05) is 6.58 Å². The van der Waals surface area contributed by atoms with Crippen LogP contribution in [-0.4, -0.2) is 199 Å². The van der Waals surface area contributed by atoms with Gasteiger partial charge in [-0.3, -0.25) is 4.79 Å². The fourth-order valence-corrected chi connectivity index (χ4v) is 10.3. The van der Waals surface area contributed by atoms with Gasteiger partial charge in [0.05, 0.1) is 56.5 Å². The molecule has 0 amide bonds. The third kappa shape index (κ3) is 11.9. The van der Waals surface area contributed by atoms with Crippen molar-refractivity contribution in [1.29, 1.82) is 0 Å². The Morgan fingerprint density at radius 1 is 0.753 bits per heavy atom. The minimum absolute atomic E-state index is 0. The van der Waals surface area contributed by atoms with Crippen LogP contribution in [0.3, 0.4) is 0 Å². The number of anilines is 3. The van der Waals surface area contributed by atoms with Crippen LogP contribution in [0.4, 0.5) is 23.3 Å². The smallest absolute Gasteiger partial charge is 0.333 e. The number of rotatable bonds is 9. The van der Waals surface area contributed by atoms with Crippen molar-refractivity contribution in [3.63, 3.8) is 0 Å². The summed E-state index contributed by atoms with van der Waals surface area (Å²) in [5.41, 5.74) is 9.22. The molecule has 0 aliphatic carbocycles. The number of hydrogen-bond donors (Lipinski definition) is 12. The Bertz CT molecular complexity index is 3460. The lowest BCUT2D eigenvalue weighted by Gasteiger charge is -2.28. The maximum atomic E-state index is 12.0. The second kappa shape index (κ2) is 24.9. The van der Waals surface area contributed by atoms with Crippen LogP contribution < -0.4 is 22.3 Å². The Balaban J connectivity index is 0.000000184. The van der Waals surface area contributed by atoms with Crippen molar-refractivity contribution < 1.29 is 79.2 Å². The van der Waals surface area contributed by atoms with E-state index in [0.29, 0.717) is 72.6 Å². The number of nitrogens with one attached hydrogen (secondary N) is 1. The van der Waals surface area contributed by atoms with Crippen molar-refractivity contribution in [3.8, 4) is 0 Å². The maximum Gasteiger partial charge on any atom is 0.333 e. The third-order valence-electron chi connectivity index (χ3n) is 13.8. The lowest BCUT2D eigenvalue weighted by Crippen LogP contribution is -2.44. The quantitative estimate of drug-likeness (QED) is 0.0371. The molecular formula is C50H63BIN12O17. The van der Waals surface area contributed by atoms with Crippen LogP contribution in [0, 0.1) is 10.5 Å². The zero-order chi connectivity index (χ0) is 59.1. The number of aryl methyl sites for hydroxylation is 1. The Morgan fingerprint density at radius 3 is 1.65 bits per heavy atom. The third-order valence-corrected chi connectivity index (χ3v) is 14.6. The number of aliphatic hydroxyl groups is 9. The largest absolute Gasteiger partial charge is 0.466 e. The molecule has 29 nitrogen and oxygen atoms in total. The van der Waals surface area contributed by atoms with E-state index in [-0.39, 0.29) is 32.4 Å². The normalized spacial score (nSPS) is 28.2. The molecule has 435 valence electrons. The van der Waals surface area contributed by atoms with E-state index in [9.17, 15) is 60.3 Å². The zero-order valence-electron chi connectivity index (χ0n) is 45.1. The van der Waals surface area contributed by atoms with E-state index >= 15 is 0 Å². The summed E-state index contributed by atoms with van der Waals surface area (Å²) in [5.74, 6) is 0.474. The van der Waals surface area contributed by atoms with E-state index in [1.54, 1.807) is 60.6 Å². The minimum Gasteiger partial charge on any atom is -0.466 e. The van der Waals surface area contributed by atoms with Gasteiger partial charge >= 0.3 is 11.9 Å². The van der Waals surface area contributed by atoms with Crippen molar-refractivity contribution in [2.45, 2.75) is 114 Å². The summed E-state index contributed by atoms with van der Waals surface area (Å²) in [7, 11) is 2.61. The molecule has 3 unspecified atom stereocenters. The number of nitrogens with zero attached hydrogens (tertiary/aromatic N) is 9. The van der Waals surface area contributed by atoms with Crippen LogP contribution in [0.1, 0.15) is 64.4 Å². The summed E-state index contributed by atoms with van der Waals surface area (Å²) in [6.45, 7) is 11.3. The van der Waals surface area contributed by atoms with Crippen molar-refractivity contribution in [2.75, 3.05) is 50.8 Å². The van der Waals surface area contributed by atoms with Crippen LogP contribution in [0.25, 0.3) is 38.9 Å². The van der Waals surface area contributed by atoms with E-state index in [4.69, 9.17) is 30.4 Å². The predicted octanol–water partition coefficient (Wildman–Crippen LogP) is -0.642. The monoisotopic (exact) mass is 1240 g/mol. The Kier molecular flexibility index (Phi) is 19.5. The van der Waals surface area contributed by atoms with Crippen molar-refractivity contribution in [2.24, 2.45) is 4.99 Å². The number of aliphatic hydroxyl groups excluding tert-OH is 6. The van der Waals surface area contributed by atoms with Gasteiger partial charge < -0.3 is 100 Å². The average Bonchev–Trinajstić information content (AvgIpc) is 4.29. The van der Waals surface area contributed by atoms with Crippen LogP contribution in [0.2, 0.25) is 0 Å². The summed E-state index contributed by atoms with van der Waals surface area (Å²) in [5, 5.41) is 95.9. The molecule has 12 atom stereocenters. The second-order valence-electron chi connectivity index (χ2n) is 19.7. The molecule has 0 bridgehead atoms. The molecule has 81 heavy (non-hydrogen) atoms. The topological polar surface area (TPSA) is 435 Å². The van der Waals surface area contributed by atoms with Crippen LogP contribution >= 0.6 is 22.6 Å². The van der Waals surface area contributed by atoms with Crippen molar-refractivity contribution in [3.05, 3.63) is 80.1 Å². The Morgan fingerprint density at radius 2 is 1.21 bits per heavy atom. The molecule has 4 aliphatic rings. The standard InChI is InChI=1S/C17H22N4O6.C16H18N4O5.C12H15IN4O4.C5H8O2.B/c1-8(15(24)26-3)4-9-5-21(14-11(9)13(18)19-7-20-14)16-17(2,25)12(23)10(6-22)27-16;1-7-3-8-4-20(15-16(2,24)11(22)9(5-21)25-15)13-10(8)12(17-6-18-13)19-14(7)23;1-12(20)8(19)6(3-18)21-11(12)17-2-5(13)7-9(14)15-4-16-10(7)17;1-4(2)5(6)7-3;/h4-5,7,10,12,16,22-23,25H,6H2,1-3H3,(H2,18,19,20);3-4,6,9,11,15,21-22,24H,5H2,1-2H3,(H,17,18,19,23);2,4,6,8,11,18-20H,3H2,1H3,(H2,14,15,16);1H2,2-3H3;/b8-4+;;;;/t10-,12-,16?,17-;9-,11-,15?,16-;6-,8-,11?,12-;;/m111../s1. The summed E-state index contributed by atoms with van der Waals surface area (Å²) >= 11 is 2.09. The van der Waals surface area contributed by atoms with E-state index < -0.39 is 91.3 Å². The molecule has 0 saturated carbocycles. The molecule has 6 aromatic rings. The van der Waals surface area contributed by atoms with Gasteiger partial charge in [0, 0.05) is 58.2 Å². The number of halogens is 1. The fraction of sp³-hybridized carbons (Fsp3) is 0.460. The fourth-order valence-electron chi connectivity index (χ4n) is 9.46. The summed E-state index contributed by atoms with van der Waals surface area (Å²) in [6, 6.07) is 1.69. The number of nitrogens with two attached hydrogens (primary N) is 2. The van der Waals surface area contributed by atoms with Crippen LogP contribution in [0.15, 0.2) is 64.8 Å². The number of hydrogen-bond acceptors (Lipinski definition) is 26. The van der Waals surface area contributed by atoms with Gasteiger partial charge in [0.1, 0.15) is 101 Å². The van der Waals surface area contributed by atoms with E-state index in [2.05, 4.69) is 69.1 Å². The van der Waals surface area contributed by atoms with Gasteiger partial charge in [0.25, 0.3) is 5.56 Å². The summed E-state index contributed by atoms with van der Waals surface area (Å²) in [4.78, 5) is 58.6. The first-order valence-corrected chi connectivity index (χ1v) is 25.4. The van der Waals surface area contributed by atoms with E-state index in [1.165, 1.54) is 58.6 Å². The zero-order valence-corrected chi connectivity index (χ0v) is 47.2. The lowest BCUT2D eigenvalue weighted by molar-refractivity contribution is -0.136. The lowest BCUT2D eigenvalue weighted by atomic mass is 9.96. The number of nitrogen functional groups attached to an aromatic ring is 2. The number of carbonyl (C=O) groups is 2. The van der Waals surface area contributed by atoms with Crippen molar-refractivity contribution in [1.82, 2.24) is 38.6 Å². The highest BCUT2D eigenvalue weighted by Gasteiger charge is 2.55. The first-order chi connectivity index (χ1) is 37.6. The highest BCUT2D eigenvalue weighted by molar-refractivity contribution is 14.1. The second-order valence-corrected chi connectivity index (χ2v) is 20.9. The SMILES string of the molecule is C=C(C)C(=O)OC.COC(=O)/C(C)=C/c1cn(C2O[C@H](CO)[C@@H](O)[C@@]2(C)O)c2ncnc(N)c12.C[C@]1(O)C(n2cc(I)c3c(N)ncnc32)O[C@H](CO)[C@H]1O.Cc1cc2cn(C3O[C@H](CO)[C@@H](O)[C@@]3(C)O)c3c2c(nc1=O)NC=N3.[B]. The Labute approximate surface area is 476 Å². The highest BCUT2D eigenvalue weighted by atomic mass is 127. The average molecular weight is 1240 g/mol. The number of esters is 2. The Hall–Kier alpha value is -6.60. The van der Waals surface area contributed by atoms with Crippen molar-refractivity contribution >= 4 is 111 Å². The van der Waals surface area contributed by atoms with E-state index in [0.717, 1.165) is 3.57 Å². The molecule has 10 rings (SSSR count). The molecule has 6 aromatic heterocycles. The predicted molar refractivity (Wildman–Crippen MR) is 300 cm³/mol. The number of fused-ring (bicyclic) bond motifs is 2. The van der Waals surface area contributed by atoms with Crippen LogP contribution in [0.5, 0.6) is 0 Å². The molecular weight excluding hydrogens is 1180 g/mol. The van der Waals surface area contributed by atoms with E-state index in [1.807, 2.05) is 0 Å². The molecule has 31 heteroatoms. The van der Waals surface area contributed by atoms with Gasteiger partial charge in [-0.25, -0.2) is 34.5 Å². The molecule has 3 radical (unpaired) electrons. The first-order valence-electron chi connectivity index (χ1n) is 24.4. The van der Waals surface area contributed by atoms with Crippen LogP contribution in [-0.2, 0) is 33.3 Å². The highest BCUT2D eigenvalue weighted by Crippen LogP contribution is 2.46. The molecule has 10 heterocycles. The molecule has 4 aliphatic heterocycles. The minimum atomic E-state index is -1.70. The van der Waals surface area contributed by atoms with Gasteiger partial charge in [-0.05, 0) is 76.3 Å². The molecule has 3 saturated heterocycles. The summed E-state index contributed by atoms with van der Waals surface area (Å²) < 4.78 is 31.4. The molecule has 0 aromatic carbocycles. The van der Waals surface area contributed by atoms with Gasteiger partial charge in [0.15, 0.2) is 18.7 Å². The molecule has 14 N–H and O–H groups in total. The maximum absolute atomic E-state index is 12.0. The van der Waals surface area contributed by atoms with Gasteiger partial charge in [0.2, 0.25) is 0 Å². The first kappa shape index (κ1) is 63.6. The number of ether oxygens (including phenoxy) is 5.